The Morgan fingerprint density at radius 3 is 1.09 bits per heavy atom. The zero-order valence-electron chi connectivity index (χ0n) is 36.8. The van der Waals surface area contributed by atoms with E-state index in [-0.39, 0.29) is 0 Å². The lowest BCUT2D eigenvalue weighted by atomic mass is 10.1. The minimum absolute atomic E-state index is 0.313. The van der Waals surface area contributed by atoms with Gasteiger partial charge in [0.15, 0.2) is 0 Å². The van der Waals surface area contributed by atoms with Crippen LogP contribution >= 0.6 is 0 Å². The van der Waals surface area contributed by atoms with E-state index < -0.39 is 0 Å². The van der Waals surface area contributed by atoms with Crippen molar-refractivity contribution in [1.82, 2.24) is 0 Å². The maximum absolute atomic E-state index is 5.88. The molecule has 0 saturated heterocycles. The second kappa shape index (κ2) is 22.6. The first-order chi connectivity index (χ1) is 26.6. The predicted octanol–water partition coefficient (Wildman–Crippen LogP) is 11.5. The van der Waals surface area contributed by atoms with Crippen LogP contribution in [-0.4, -0.2) is 66.2 Å². The summed E-state index contributed by atoms with van der Waals surface area (Å²) in [7, 11) is 8.08. The molecule has 0 aliphatic carbocycles. The summed E-state index contributed by atoms with van der Waals surface area (Å²) in [6, 6.07) is 38.9. The van der Waals surface area contributed by atoms with Crippen molar-refractivity contribution < 1.29 is 14.2 Å². The molecule has 5 aromatic rings. The zero-order valence-corrected chi connectivity index (χ0v) is 36.8. The number of hydrogen-bond donors (Lipinski definition) is 0. The fraction of sp³-hybridized carbons (Fsp3) is 0.400. The molecule has 5 aromatic carbocycles. The third kappa shape index (κ3) is 14.3. The van der Waals surface area contributed by atoms with Gasteiger partial charge in [0.05, 0.1) is 18.7 Å². The second-order valence-corrected chi connectivity index (χ2v) is 15.4. The molecule has 302 valence electrons. The maximum Gasteiger partial charge on any atom is 0.119 e. The van der Waals surface area contributed by atoms with Crippen LogP contribution in [0.1, 0.15) is 59.7 Å². The minimum Gasteiger partial charge on any atom is -0.491 e. The van der Waals surface area contributed by atoms with Gasteiger partial charge < -0.3 is 28.9 Å². The fourth-order valence-corrected chi connectivity index (χ4v) is 5.76. The van der Waals surface area contributed by atoms with Crippen molar-refractivity contribution >= 4 is 17.1 Å². The molecular formula is C50H69N3O3. The largest absolute Gasteiger partial charge is 0.491 e. The summed E-state index contributed by atoms with van der Waals surface area (Å²) in [6.45, 7) is 23.6. The number of anilines is 3. The summed E-state index contributed by atoms with van der Waals surface area (Å²) in [4.78, 5) is 6.77. The number of hydrogen-bond acceptors (Lipinski definition) is 6. The van der Waals surface area contributed by atoms with Crippen molar-refractivity contribution in [3.8, 4) is 11.5 Å². The number of methoxy groups -OCH3 is 1. The molecule has 0 aromatic heterocycles. The molecule has 6 heteroatoms. The van der Waals surface area contributed by atoms with E-state index in [1.807, 2.05) is 42.5 Å². The number of para-hydroxylation sites is 1. The van der Waals surface area contributed by atoms with E-state index in [1.165, 1.54) is 56.0 Å². The Morgan fingerprint density at radius 2 is 0.750 bits per heavy atom. The molecule has 0 saturated carbocycles. The Morgan fingerprint density at radius 1 is 0.411 bits per heavy atom. The summed E-state index contributed by atoms with van der Waals surface area (Å²) < 4.78 is 16.9. The SMILES string of the molecule is COCC(C)N(C)c1ccc(C)c(C)c1.Cc1ccc(N(C)C(C)COc2ccccc2)cc1C.Cc1ccc(OCC(C)N(C)c2ccc(C)c(C)c2)cc1. The summed E-state index contributed by atoms with van der Waals surface area (Å²) in [6.07, 6.45) is 0. The van der Waals surface area contributed by atoms with Crippen molar-refractivity contribution in [2.24, 2.45) is 0 Å². The quantitative estimate of drug-likeness (QED) is 0.112. The molecule has 0 amide bonds. The lowest BCUT2D eigenvalue weighted by Gasteiger charge is -2.27. The third-order valence-corrected chi connectivity index (χ3v) is 10.8. The summed E-state index contributed by atoms with van der Waals surface area (Å²) >= 11 is 0. The highest BCUT2D eigenvalue weighted by Gasteiger charge is 2.13. The van der Waals surface area contributed by atoms with E-state index in [9.17, 15) is 0 Å². The van der Waals surface area contributed by atoms with Crippen LogP contribution in [0.25, 0.3) is 0 Å². The van der Waals surface area contributed by atoms with Gasteiger partial charge in [-0.3, -0.25) is 0 Å². The predicted molar refractivity (Wildman–Crippen MR) is 242 cm³/mol. The minimum atomic E-state index is 0.313. The number of benzene rings is 5. The number of nitrogens with zero attached hydrogens (tertiary/aromatic N) is 3. The van der Waals surface area contributed by atoms with E-state index in [2.05, 4.69) is 172 Å². The standard InChI is InChI=1S/C19H25NO.C18H23NO.C13H21NO/c1-14-6-10-19(11-7-14)21-13-17(4)20(5)18-9-8-15(2)16(3)12-18;1-14-10-11-17(12-15(14)2)19(4)16(3)13-20-18-8-6-5-7-9-18;1-10-6-7-13(8-11(10)2)14(4)12(3)9-15-5/h6-12,17H,13H2,1-5H3;5-12,16H,13H2,1-4H3;6-8,12H,9H2,1-5H3. The van der Waals surface area contributed by atoms with Crippen LogP contribution in [-0.2, 0) is 4.74 Å². The van der Waals surface area contributed by atoms with E-state index in [0.717, 1.165) is 18.1 Å². The molecule has 0 bridgehead atoms. The Balaban J connectivity index is 0.000000229. The molecular weight excluding hydrogens is 691 g/mol. The van der Waals surface area contributed by atoms with Gasteiger partial charge in [0.25, 0.3) is 0 Å². The summed E-state index contributed by atoms with van der Waals surface area (Å²) in [5, 5.41) is 0. The fourth-order valence-electron chi connectivity index (χ4n) is 5.76. The smallest absolute Gasteiger partial charge is 0.119 e. The van der Waals surface area contributed by atoms with Gasteiger partial charge in [-0.05, 0) is 163 Å². The first-order valence-electron chi connectivity index (χ1n) is 19.9. The van der Waals surface area contributed by atoms with Crippen LogP contribution in [0.15, 0.2) is 109 Å². The van der Waals surface area contributed by atoms with Crippen molar-refractivity contribution in [3.63, 3.8) is 0 Å². The lowest BCUT2D eigenvalue weighted by Crippen LogP contribution is -2.34. The number of aryl methyl sites for hydroxylation is 7. The van der Waals surface area contributed by atoms with Gasteiger partial charge in [0.1, 0.15) is 24.7 Å². The molecule has 0 heterocycles. The topological polar surface area (TPSA) is 37.4 Å². The van der Waals surface area contributed by atoms with E-state index in [1.54, 1.807) is 7.11 Å². The van der Waals surface area contributed by atoms with E-state index in [4.69, 9.17) is 14.2 Å². The van der Waals surface area contributed by atoms with Crippen LogP contribution in [0.3, 0.4) is 0 Å². The molecule has 0 N–H and O–H groups in total. The van der Waals surface area contributed by atoms with Gasteiger partial charge >= 0.3 is 0 Å². The Hall–Kier alpha value is -4.94. The maximum atomic E-state index is 5.88. The van der Waals surface area contributed by atoms with Gasteiger partial charge in [0.2, 0.25) is 0 Å². The molecule has 0 spiro atoms. The Bertz CT molecular complexity index is 1890. The van der Waals surface area contributed by atoms with Crippen molar-refractivity contribution in [3.05, 3.63) is 148 Å². The van der Waals surface area contributed by atoms with Crippen LogP contribution in [0, 0.1) is 48.5 Å². The van der Waals surface area contributed by atoms with Crippen LogP contribution in [0.5, 0.6) is 11.5 Å². The molecule has 3 atom stereocenters. The first kappa shape index (κ1) is 45.4. The number of ether oxygens (including phenoxy) is 3. The molecule has 0 aliphatic heterocycles. The van der Waals surface area contributed by atoms with Crippen molar-refractivity contribution in [2.45, 2.75) is 87.4 Å². The molecule has 3 unspecified atom stereocenters. The summed E-state index contributed by atoms with van der Waals surface area (Å²) in [5.74, 6) is 1.86. The van der Waals surface area contributed by atoms with Crippen molar-refractivity contribution in [1.29, 1.82) is 0 Å². The van der Waals surface area contributed by atoms with Crippen LogP contribution < -0.4 is 24.2 Å². The van der Waals surface area contributed by atoms with Gasteiger partial charge in [-0.15, -0.1) is 0 Å². The second-order valence-electron chi connectivity index (χ2n) is 15.4. The average Bonchev–Trinajstić information content (AvgIpc) is 3.19. The summed E-state index contributed by atoms with van der Waals surface area (Å²) in [5.41, 5.74) is 13.0. The van der Waals surface area contributed by atoms with Gasteiger partial charge in [-0.2, -0.15) is 0 Å². The monoisotopic (exact) mass is 760 g/mol. The zero-order chi connectivity index (χ0) is 41.4. The molecule has 56 heavy (non-hydrogen) atoms. The Labute approximate surface area is 340 Å². The van der Waals surface area contributed by atoms with Gasteiger partial charge in [-0.1, -0.05) is 54.1 Å². The molecule has 5 rings (SSSR count). The highest BCUT2D eigenvalue weighted by Crippen LogP contribution is 2.22. The van der Waals surface area contributed by atoms with E-state index in [0.29, 0.717) is 31.3 Å². The third-order valence-electron chi connectivity index (χ3n) is 10.8. The first-order valence-corrected chi connectivity index (χ1v) is 19.9. The number of rotatable bonds is 14. The average molecular weight is 760 g/mol. The molecule has 0 fully saturated rings. The van der Waals surface area contributed by atoms with E-state index >= 15 is 0 Å². The van der Waals surface area contributed by atoms with Crippen molar-refractivity contribution in [2.75, 3.05) is 62.8 Å². The van der Waals surface area contributed by atoms with Crippen LogP contribution in [0.4, 0.5) is 17.1 Å². The molecule has 0 radical (unpaired) electrons. The van der Waals surface area contributed by atoms with Gasteiger partial charge in [-0.25, -0.2) is 0 Å². The Kier molecular flexibility index (Phi) is 18.3. The highest BCUT2D eigenvalue weighted by atomic mass is 16.5. The highest BCUT2D eigenvalue weighted by molar-refractivity contribution is 5.52. The van der Waals surface area contributed by atoms with Crippen LogP contribution in [0.2, 0.25) is 0 Å². The van der Waals surface area contributed by atoms with Gasteiger partial charge in [0, 0.05) is 51.4 Å². The number of likely N-dealkylation sites (N-methyl/N-ethyl adjacent to an activating group) is 3. The molecule has 6 nitrogen and oxygen atoms in total. The normalized spacial score (nSPS) is 12.2. The lowest BCUT2D eigenvalue weighted by molar-refractivity contribution is 0.183. The molecule has 0 aliphatic rings.